The number of carbonyl (C=O) groups is 2. The number of anilines is 1. The quantitative estimate of drug-likeness (QED) is 0.550. The molecule has 0 saturated carbocycles. The van der Waals surface area contributed by atoms with E-state index in [0.717, 1.165) is 55.7 Å². The predicted octanol–water partition coefficient (Wildman–Crippen LogP) is 2.44. The summed E-state index contributed by atoms with van der Waals surface area (Å²) in [6.07, 6.45) is 6.37. The van der Waals surface area contributed by atoms with Gasteiger partial charge in [-0.25, -0.2) is 14.6 Å². The molecule has 0 spiro atoms. The summed E-state index contributed by atoms with van der Waals surface area (Å²) in [6, 6.07) is 2.26. The summed E-state index contributed by atoms with van der Waals surface area (Å²) in [5.74, 6) is 0.898. The van der Waals surface area contributed by atoms with Crippen LogP contribution in [0.5, 0.6) is 0 Å². The molecule has 2 saturated heterocycles. The Morgan fingerprint density at radius 3 is 2.63 bits per heavy atom. The average Bonchev–Trinajstić information content (AvgIpc) is 3.50. The Hall–Kier alpha value is -3.47. The number of hydrogen-bond donors (Lipinski definition) is 2. The maximum Gasteiger partial charge on any atom is 0.273 e. The molecule has 0 aromatic carbocycles. The number of nitrogens with zero attached hydrogens (tertiary/aromatic N) is 5. The van der Waals surface area contributed by atoms with Gasteiger partial charge < -0.3 is 24.7 Å². The van der Waals surface area contributed by atoms with Crippen LogP contribution in [0.2, 0.25) is 0 Å². The van der Waals surface area contributed by atoms with Gasteiger partial charge in [-0.3, -0.25) is 9.59 Å². The number of aryl methyl sites for hydroxylation is 1. The zero-order valence-electron chi connectivity index (χ0n) is 20.1. The number of piperidine rings is 1. The topological polar surface area (TPSA) is 127 Å². The Morgan fingerprint density at radius 2 is 1.91 bits per heavy atom. The molecule has 0 bridgehead atoms. The van der Waals surface area contributed by atoms with E-state index in [4.69, 9.17) is 14.3 Å². The van der Waals surface area contributed by atoms with Crippen molar-refractivity contribution in [3.63, 3.8) is 0 Å². The van der Waals surface area contributed by atoms with Gasteiger partial charge in [-0.2, -0.15) is 5.10 Å². The molecule has 0 atom stereocenters. The van der Waals surface area contributed by atoms with E-state index >= 15 is 0 Å². The molecule has 3 aromatic rings. The molecular weight excluding hydrogens is 450 g/mol. The van der Waals surface area contributed by atoms with E-state index in [9.17, 15) is 9.59 Å². The number of likely N-dealkylation sites (tertiary alicyclic amines) is 1. The summed E-state index contributed by atoms with van der Waals surface area (Å²) >= 11 is 0. The van der Waals surface area contributed by atoms with Crippen molar-refractivity contribution in [3.8, 4) is 11.5 Å². The van der Waals surface area contributed by atoms with Crippen LogP contribution in [0.3, 0.4) is 0 Å². The third-order valence-electron chi connectivity index (χ3n) is 6.71. The number of carbonyl (C=O) groups excluding carboxylic acids is 2. The van der Waals surface area contributed by atoms with Crippen molar-refractivity contribution in [2.75, 3.05) is 31.6 Å². The first-order chi connectivity index (χ1) is 17.0. The van der Waals surface area contributed by atoms with Crippen molar-refractivity contribution < 1.29 is 18.7 Å². The minimum atomic E-state index is -0.281. The highest BCUT2D eigenvalue weighted by Gasteiger charge is 2.24. The summed E-state index contributed by atoms with van der Waals surface area (Å²) in [4.78, 5) is 35.1. The van der Waals surface area contributed by atoms with E-state index < -0.39 is 0 Å². The molecule has 5 heterocycles. The van der Waals surface area contributed by atoms with Crippen LogP contribution in [0.15, 0.2) is 22.9 Å². The largest absolute Gasteiger partial charge is 0.444 e. The monoisotopic (exact) mass is 481 g/mol. The summed E-state index contributed by atoms with van der Waals surface area (Å²) in [7, 11) is 0. The highest BCUT2D eigenvalue weighted by molar-refractivity contribution is 5.93. The van der Waals surface area contributed by atoms with Crippen molar-refractivity contribution in [3.05, 3.63) is 24.2 Å². The van der Waals surface area contributed by atoms with Crippen molar-refractivity contribution in [1.82, 2.24) is 30.0 Å². The number of hydrogen-bond acceptors (Lipinski definition) is 8. The number of aromatic nitrogens is 4. The van der Waals surface area contributed by atoms with E-state index in [2.05, 4.69) is 20.6 Å². The van der Waals surface area contributed by atoms with Crippen LogP contribution in [0.1, 0.15) is 50.0 Å². The summed E-state index contributed by atoms with van der Waals surface area (Å²) in [6.45, 7) is 7.07. The third-order valence-corrected chi connectivity index (χ3v) is 6.71. The molecule has 2 fully saturated rings. The van der Waals surface area contributed by atoms with Crippen LogP contribution in [0.25, 0.3) is 22.5 Å². The van der Waals surface area contributed by atoms with Gasteiger partial charge in [0.25, 0.3) is 5.91 Å². The lowest BCUT2D eigenvalue weighted by molar-refractivity contribution is -0.129. The zero-order chi connectivity index (χ0) is 24.4. The number of pyridine rings is 1. The van der Waals surface area contributed by atoms with E-state index in [1.165, 1.54) is 6.26 Å². The maximum atomic E-state index is 12.7. The van der Waals surface area contributed by atoms with Crippen LogP contribution in [-0.4, -0.2) is 74.8 Å². The predicted molar refractivity (Wildman–Crippen MR) is 129 cm³/mol. The second kappa shape index (κ2) is 10.0. The second-order valence-corrected chi connectivity index (χ2v) is 9.08. The number of fused-ring (bicyclic) bond motifs is 1. The van der Waals surface area contributed by atoms with Gasteiger partial charge in [0, 0.05) is 58.1 Å². The van der Waals surface area contributed by atoms with E-state index in [0.29, 0.717) is 37.1 Å². The van der Waals surface area contributed by atoms with Gasteiger partial charge >= 0.3 is 0 Å². The lowest BCUT2D eigenvalue weighted by atomic mass is 10.0. The Balaban J connectivity index is 1.31. The Labute approximate surface area is 203 Å². The van der Waals surface area contributed by atoms with Crippen molar-refractivity contribution in [2.45, 2.75) is 58.2 Å². The lowest BCUT2D eigenvalue weighted by Crippen LogP contribution is -2.46. The van der Waals surface area contributed by atoms with E-state index in [1.54, 1.807) is 18.0 Å². The van der Waals surface area contributed by atoms with Crippen LogP contribution in [0, 0.1) is 0 Å². The molecule has 35 heavy (non-hydrogen) atoms. The van der Waals surface area contributed by atoms with E-state index in [1.807, 2.05) is 17.7 Å². The minimum absolute atomic E-state index is 0.00923. The molecule has 2 aliphatic rings. The third kappa shape index (κ3) is 5.00. The Morgan fingerprint density at radius 1 is 1.14 bits per heavy atom. The normalized spacial score (nSPS) is 17.6. The molecule has 3 aromatic heterocycles. The van der Waals surface area contributed by atoms with Gasteiger partial charge in [0.15, 0.2) is 17.2 Å². The highest BCUT2D eigenvalue weighted by atomic mass is 16.5. The van der Waals surface area contributed by atoms with Crippen LogP contribution in [-0.2, 0) is 16.1 Å². The molecule has 2 amide bonds. The van der Waals surface area contributed by atoms with Gasteiger partial charge in [-0.1, -0.05) is 0 Å². The molecule has 2 N–H and O–H groups in total. The number of nitrogens with one attached hydrogen (secondary N) is 2. The zero-order valence-corrected chi connectivity index (χ0v) is 20.1. The molecule has 0 radical (unpaired) electrons. The number of rotatable bonds is 6. The van der Waals surface area contributed by atoms with Gasteiger partial charge in [0.05, 0.1) is 10.9 Å². The minimum Gasteiger partial charge on any atom is -0.444 e. The first-order valence-electron chi connectivity index (χ1n) is 12.2. The van der Waals surface area contributed by atoms with Crippen molar-refractivity contribution in [2.24, 2.45) is 0 Å². The van der Waals surface area contributed by atoms with Gasteiger partial charge in [0.2, 0.25) is 11.8 Å². The number of oxazole rings is 1. The first-order valence-corrected chi connectivity index (χ1v) is 12.2. The van der Waals surface area contributed by atoms with Gasteiger partial charge in [-0.15, -0.1) is 0 Å². The summed E-state index contributed by atoms with van der Waals surface area (Å²) in [5, 5.41) is 12.2. The fourth-order valence-corrected chi connectivity index (χ4v) is 4.65. The number of amides is 2. The molecule has 5 rings (SSSR count). The van der Waals surface area contributed by atoms with E-state index in [-0.39, 0.29) is 23.6 Å². The molecule has 0 unspecified atom stereocenters. The number of ether oxygens (including phenoxy) is 1. The van der Waals surface area contributed by atoms with Crippen molar-refractivity contribution >= 4 is 28.7 Å². The standard InChI is InChI=1S/C24H31N7O4/c1-3-31-22-19(21(29-31)26-18-6-10-34-11-7-18)12-16(13-25-22)24-28-20(14-35-24)23(33)27-17-4-8-30(9-5-17)15(2)32/h12-14,17-18H,3-11H2,1-2H3,(H,26,29)(H,27,33). The SMILES string of the molecule is CCn1nc(NC2CCOCC2)c2cc(-c3nc(C(=O)NC4CCN(C(C)=O)CC4)co3)cnc21. The van der Waals surface area contributed by atoms with Gasteiger partial charge in [0.1, 0.15) is 6.26 Å². The maximum absolute atomic E-state index is 12.7. The summed E-state index contributed by atoms with van der Waals surface area (Å²) in [5.41, 5.74) is 1.68. The molecule has 0 aliphatic carbocycles. The highest BCUT2D eigenvalue weighted by Crippen LogP contribution is 2.28. The van der Waals surface area contributed by atoms with Crippen molar-refractivity contribution in [1.29, 1.82) is 0 Å². The molecule has 2 aliphatic heterocycles. The van der Waals surface area contributed by atoms with Crippen LogP contribution in [0.4, 0.5) is 5.82 Å². The molecule has 11 heteroatoms. The Kier molecular flexibility index (Phi) is 6.67. The molecular formula is C24H31N7O4. The lowest BCUT2D eigenvalue weighted by Gasteiger charge is -2.31. The fraction of sp³-hybridized carbons (Fsp3) is 0.542. The average molecular weight is 482 g/mol. The van der Waals surface area contributed by atoms with Gasteiger partial charge in [-0.05, 0) is 38.7 Å². The Bertz CT molecular complexity index is 1210. The van der Waals surface area contributed by atoms with Crippen LogP contribution >= 0.6 is 0 Å². The summed E-state index contributed by atoms with van der Waals surface area (Å²) < 4.78 is 13.0. The first kappa shape index (κ1) is 23.3. The molecule has 186 valence electrons. The van der Waals surface area contributed by atoms with Crippen LogP contribution < -0.4 is 10.6 Å². The smallest absolute Gasteiger partial charge is 0.273 e. The molecule has 11 nitrogen and oxygen atoms in total. The fourth-order valence-electron chi connectivity index (χ4n) is 4.65. The second-order valence-electron chi connectivity index (χ2n) is 9.08.